The van der Waals surface area contributed by atoms with Gasteiger partial charge in [0.25, 0.3) is 5.91 Å². The molecule has 1 heterocycles. The summed E-state index contributed by atoms with van der Waals surface area (Å²) in [6, 6.07) is 10.8. The number of aromatic amines is 1. The molecule has 8 heteroatoms. The van der Waals surface area contributed by atoms with Crippen LogP contribution in [0.15, 0.2) is 46.8 Å². The molecule has 3 N–H and O–H groups in total. The van der Waals surface area contributed by atoms with Gasteiger partial charge in [-0.1, -0.05) is 24.3 Å². The zero-order valence-corrected chi connectivity index (χ0v) is 15.1. The molecule has 8 nitrogen and oxygen atoms in total. The summed E-state index contributed by atoms with van der Waals surface area (Å²) in [5, 5.41) is 38.3. The van der Waals surface area contributed by atoms with E-state index in [1.54, 1.807) is 18.2 Å². The molecule has 0 atom stereocenters. The number of aromatic nitrogens is 2. The van der Waals surface area contributed by atoms with Crippen molar-refractivity contribution in [2.24, 2.45) is 10.2 Å². The Morgan fingerprint density at radius 2 is 2.04 bits per heavy atom. The van der Waals surface area contributed by atoms with Gasteiger partial charge in [-0.2, -0.15) is 10.4 Å². The van der Waals surface area contributed by atoms with Crippen LogP contribution in [0.1, 0.15) is 36.7 Å². The van der Waals surface area contributed by atoms with E-state index in [0.29, 0.717) is 5.39 Å². The molecule has 27 heavy (non-hydrogen) atoms. The van der Waals surface area contributed by atoms with E-state index in [1.165, 1.54) is 6.20 Å². The van der Waals surface area contributed by atoms with Crippen molar-refractivity contribution in [2.75, 3.05) is 0 Å². The Morgan fingerprint density at radius 1 is 1.30 bits per heavy atom. The van der Waals surface area contributed by atoms with Crippen LogP contribution in [0.25, 0.3) is 10.8 Å². The topological polar surface area (TPSA) is 127 Å². The molecular formula is C19H18N6O2. The number of nitrogens with one attached hydrogen (secondary N) is 2. The fourth-order valence-corrected chi connectivity index (χ4v) is 2.54. The number of carbonyl (C=O) groups is 1. The maximum absolute atomic E-state index is 12.6. The SMILES string of the molecule is CC(C)(C)NC(=O)c1cc2ccccc2c(N=Nc2[nH]ncc2C#N)c1O. The first-order chi connectivity index (χ1) is 12.8. The third-order valence-electron chi connectivity index (χ3n) is 3.72. The predicted octanol–water partition coefficient (Wildman–Crippen LogP) is 4.08. The number of hydrogen-bond donors (Lipinski definition) is 3. The van der Waals surface area contributed by atoms with Gasteiger partial charge >= 0.3 is 0 Å². The first-order valence-electron chi connectivity index (χ1n) is 8.22. The second-order valence-corrected chi connectivity index (χ2v) is 6.99. The van der Waals surface area contributed by atoms with Crippen LogP contribution in [-0.4, -0.2) is 26.7 Å². The van der Waals surface area contributed by atoms with Crippen molar-refractivity contribution >= 4 is 28.2 Å². The number of H-pyrrole nitrogens is 1. The zero-order valence-electron chi connectivity index (χ0n) is 15.1. The van der Waals surface area contributed by atoms with Gasteiger partial charge < -0.3 is 10.4 Å². The van der Waals surface area contributed by atoms with Crippen LogP contribution < -0.4 is 5.32 Å². The van der Waals surface area contributed by atoms with Gasteiger partial charge in [0.1, 0.15) is 17.3 Å². The van der Waals surface area contributed by atoms with Gasteiger partial charge in [0.2, 0.25) is 0 Å². The molecule has 136 valence electrons. The van der Waals surface area contributed by atoms with E-state index in [2.05, 4.69) is 25.7 Å². The van der Waals surface area contributed by atoms with Crippen LogP contribution >= 0.6 is 0 Å². The minimum Gasteiger partial charge on any atom is -0.505 e. The zero-order chi connectivity index (χ0) is 19.6. The monoisotopic (exact) mass is 362 g/mol. The van der Waals surface area contributed by atoms with Gasteiger partial charge in [-0.05, 0) is 32.2 Å². The van der Waals surface area contributed by atoms with Crippen molar-refractivity contribution < 1.29 is 9.90 Å². The van der Waals surface area contributed by atoms with E-state index >= 15 is 0 Å². The van der Waals surface area contributed by atoms with Gasteiger partial charge in [-0.15, -0.1) is 10.2 Å². The molecule has 0 aliphatic heterocycles. The van der Waals surface area contributed by atoms with E-state index in [4.69, 9.17) is 5.26 Å². The second kappa shape index (κ2) is 6.88. The second-order valence-electron chi connectivity index (χ2n) is 6.99. The van der Waals surface area contributed by atoms with Crippen molar-refractivity contribution in [3.63, 3.8) is 0 Å². The van der Waals surface area contributed by atoms with E-state index in [1.807, 2.05) is 39.0 Å². The standard InChI is InChI=1S/C19H18N6O2/c1-19(2,3)22-18(27)14-8-11-6-4-5-7-13(11)15(16(14)26)23-25-17-12(9-20)10-21-24-17/h4-8,10,26H,1-3H3,(H,21,24)(H,22,27). The van der Waals surface area contributed by atoms with Crippen molar-refractivity contribution in [3.05, 3.63) is 47.7 Å². The Bertz CT molecular complexity index is 1090. The highest BCUT2D eigenvalue weighted by Crippen LogP contribution is 2.39. The first-order valence-corrected chi connectivity index (χ1v) is 8.22. The smallest absolute Gasteiger partial charge is 0.255 e. The lowest BCUT2D eigenvalue weighted by Crippen LogP contribution is -2.40. The molecule has 1 amide bonds. The summed E-state index contributed by atoms with van der Waals surface area (Å²) in [6.45, 7) is 5.56. The van der Waals surface area contributed by atoms with Crippen LogP contribution in [0.4, 0.5) is 11.5 Å². The summed E-state index contributed by atoms with van der Waals surface area (Å²) < 4.78 is 0. The molecule has 0 aliphatic carbocycles. The lowest BCUT2D eigenvalue weighted by Gasteiger charge is -2.21. The molecule has 0 radical (unpaired) electrons. The molecule has 0 unspecified atom stereocenters. The average molecular weight is 362 g/mol. The summed E-state index contributed by atoms with van der Waals surface area (Å²) in [7, 11) is 0. The van der Waals surface area contributed by atoms with Gasteiger partial charge in [-0.25, -0.2) is 0 Å². The number of rotatable bonds is 3. The Labute approximate surface area is 155 Å². The average Bonchev–Trinajstić information content (AvgIpc) is 3.06. The summed E-state index contributed by atoms with van der Waals surface area (Å²) in [5.74, 6) is -0.524. The first kappa shape index (κ1) is 18.1. The molecule has 0 saturated carbocycles. The largest absolute Gasteiger partial charge is 0.505 e. The summed E-state index contributed by atoms with van der Waals surface area (Å²) >= 11 is 0. The van der Waals surface area contributed by atoms with Crippen molar-refractivity contribution in [1.82, 2.24) is 15.5 Å². The Balaban J connectivity index is 2.15. The van der Waals surface area contributed by atoms with Crippen molar-refractivity contribution in [1.29, 1.82) is 5.26 Å². The van der Waals surface area contributed by atoms with Crippen LogP contribution in [0.5, 0.6) is 5.75 Å². The number of hydrogen-bond acceptors (Lipinski definition) is 6. The number of carbonyl (C=O) groups excluding carboxylic acids is 1. The lowest BCUT2D eigenvalue weighted by molar-refractivity contribution is 0.0917. The molecule has 0 spiro atoms. The predicted molar refractivity (Wildman–Crippen MR) is 100 cm³/mol. The van der Waals surface area contributed by atoms with Gasteiger partial charge in [0.05, 0.1) is 11.8 Å². The number of phenols is 1. The third kappa shape index (κ3) is 3.77. The highest BCUT2D eigenvalue weighted by molar-refractivity contribution is 6.06. The number of azo groups is 1. The van der Waals surface area contributed by atoms with Crippen LogP contribution in [0.3, 0.4) is 0 Å². The molecule has 3 rings (SSSR count). The van der Waals surface area contributed by atoms with E-state index < -0.39 is 11.4 Å². The highest BCUT2D eigenvalue weighted by Gasteiger charge is 2.22. The summed E-state index contributed by atoms with van der Waals surface area (Å²) in [6.07, 6.45) is 1.33. The Kier molecular flexibility index (Phi) is 4.60. The van der Waals surface area contributed by atoms with E-state index in [-0.39, 0.29) is 28.4 Å². The number of aromatic hydroxyl groups is 1. The van der Waals surface area contributed by atoms with Crippen molar-refractivity contribution in [2.45, 2.75) is 26.3 Å². The molecule has 0 fully saturated rings. The van der Waals surface area contributed by atoms with E-state index in [9.17, 15) is 9.90 Å². The number of benzene rings is 2. The summed E-state index contributed by atoms with van der Waals surface area (Å²) in [4.78, 5) is 12.6. The normalized spacial score (nSPS) is 11.6. The Hall–Kier alpha value is -3.73. The van der Waals surface area contributed by atoms with Crippen LogP contribution in [0.2, 0.25) is 0 Å². The fourth-order valence-electron chi connectivity index (χ4n) is 2.54. The molecule has 0 aliphatic rings. The number of amides is 1. The molecule has 2 aromatic carbocycles. The Morgan fingerprint density at radius 3 is 2.74 bits per heavy atom. The van der Waals surface area contributed by atoms with Crippen LogP contribution in [-0.2, 0) is 0 Å². The molecule has 3 aromatic rings. The van der Waals surface area contributed by atoms with Crippen molar-refractivity contribution in [3.8, 4) is 11.8 Å². The van der Waals surface area contributed by atoms with Gasteiger partial charge in [-0.3, -0.25) is 9.89 Å². The van der Waals surface area contributed by atoms with Gasteiger partial charge in [0, 0.05) is 10.9 Å². The molecule has 0 bridgehead atoms. The maximum atomic E-state index is 12.6. The fraction of sp³-hybridized carbons (Fsp3) is 0.211. The maximum Gasteiger partial charge on any atom is 0.255 e. The molecule has 0 saturated heterocycles. The third-order valence-corrected chi connectivity index (χ3v) is 3.72. The van der Waals surface area contributed by atoms with E-state index in [0.717, 1.165) is 5.39 Å². The highest BCUT2D eigenvalue weighted by atomic mass is 16.3. The number of nitrogens with zero attached hydrogens (tertiary/aromatic N) is 4. The summed E-state index contributed by atoms with van der Waals surface area (Å²) in [5.41, 5.74) is 0.00610. The quantitative estimate of drug-likeness (QED) is 0.607. The van der Waals surface area contributed by atoms with Crippen LogP contribution in [0, 0.1) is 11.3 Å². The molecule has 1 aromatic heterocycles. The molecular weight excluding hydrogens is 344 g/mol. The van der Waals surface area contributed by atoms with Gasteiger partial charge in [0.15, 0.2) is 11.6 Å². The number of fused-ring (bicyclic) bond motifs is 1. The minimum absolute atomic E-state index is 0.0997. The minimum atomic E-state index is -0.464. The number of phenolic OH excluding ortho intramolecular Hbond substituents is 1. The number of nitriles is 1. The lowest BCUT2D eigenvalue weighted by atomic mass is 10.0.